The first-order chi connectivity index (χ1) is 12.8. The highest BCUT2D eigenvalue weighted by Crippen LogP contribution is 2.56. The predicted octanol–water partition coefficient (Wildman–Crippen LogP) is 3.34. The fraction of sp³-hybridized carbons (Fsp3) is 0.571. The van der Waals surface area contributed by atoms with Crippen molar-refractivity contribution in [3.63, 3.8) is 0 Å². The highest BCUT2D eigenvalue weighted by Gasteiger charge is 2.53. The second-order valence-corrected chi connectivity index (χ2v) is 8.36. The third kappa shape index (κ3) is 2.74. The van der Waals surface area contributed by atoms with Crippen LogP contribution in [0, 0.1) is 5.41 Å². The largest absolute Gasteiger partial charge is 0.341 e. The molecule has 3 fully saturated rings. The lowest BCUT2D eigenvalue weighted by molar-refractivity contribution is -0.130. The summed E-state index contributed by atoms with van der Waals surface area (Å²) in [6.07, 6.45) is 9.53. The SMILES string of the molecule is O=C(CCc1ccccc1)N1CC(c2nncn2C2CC2)C2(CCC2)C1. The Morgan fingerprint density at radius 2 is 2.00 bits per heavy atom. The number of carbonyl (C=O) groups is 1. The number of hydrogen-bond acceptors (Lipinski definition) is 3. The normalized spacial score (nSPS) is 24.0. The number of carbonyl (C=O) groups excluding carboxylic acids is 1. The standard InChI is InChI=1S/C21H26N4O/c26-19(10-7-16-5-2-1-3-6-16)24-13-18(21(14-24)11-4-12-21)20-23-22-15-25(20)17-8-9-17/h1-3,5-6,15,17-18H,4,7-14H2. The van der Waals surface area contributed by atoms with Gasteiger partial charge in [0.15, 0.2) is 0 Å². The molecular formula is C21H26N4O. The number of likely N-dealkylation sites (tertiary alicyclic amines) is 1. The van der Waals surface area contributed by atoms with Crippen LogP contribution in [0.15, 0.2) is 36.7 Å². The Bertz CT molecular complexity index is 791. The zero-order valence-electron chi connectivity index (χ0n) is 15.2. The highest BCUT2D eigenvalue weighted by molar-refractivity contribution is 5.77. The summed E-state index contributed by atoms with van der Waals surface area (Å²) in [4.78, 5) is 15.0. The third-order valence-corrected chi connectivity index (χ3v) is 6.67. The van der Waals surface area contributed by atoms with Gasteiger partial charge in [0.25, 0.3) is 0 Å². The minimum atomic E-state index is 0.252. The first-order valence-electron chi connectivity index (χ1n) is 9.96. The summed E-state index contributed by atoms with van der Waals surface area (Å²) in [6, 6.07) is 10.9. The molecule has 2 aliphatic carbocycles. The molecule has 26 heavy (non-hydrogen) atoms. The molecule has 1 spiro atoms. The van der Waals surface area contributed by atoms with Gasteiger partial charge >= 0.3 is 0 Å². The van der Waals surface area contributed by atoms with Crippen molar-refractivity contribution >= 4 is 5.91 Å². The van der Waals surface area contributed by atoms with Crippen LogP contribution in [0.25, 0.3) is 0 Å². The summed E-state index contributed by atoms with van der Waals surface area (Å²) >= 11 is 0. The molecule has 1 aromatic carbocycles. The monoisotopic (exact) mass is 350 g/mol. The topological polar surface area (TPSA) is 51.0 Å². The van der Waals surface area contributed by atoms with Crippen LogP contribution in [0.1, 0.15) is 61.9 Å². The van der Waals surface area contributed by atoms with Crippen LogP contribution in [0.3, 0.4) is 0 Å². The molecule has 1 unspecified atom stereocenters. The lowest BCUT2D eigenvalue weighted by Crippen LogP contribution is -2.38. The van der Waals surface area contributed by atoms with Gasteiger partial charge in [0.05, 0.1) is 0 Å². The van der Waals surface area contributed by atoms with Gasteiger partial charge in [-0.2, -0.15) is 0 Å². The van der Waals surface area contributed by atoms with E-state index in [2.05, 4.69) is 31.8 Å². The van der Waals surface area contributed by atoms with Crippen LogP contribution in [-0.2, 0) is 11.2 Å². The maximum atomic E-state index is 12.9. The number of amides is 1. The Balaban J connectivity index is 1.31. The molecule has 136 valence electrons. The van der Waals surface area contributed by atoms with E-state index in [1.165, 1.54) is 37.7 Å². The summed E-state index contributed by atoms with van der Waals surface area (Å²) in [7, 11) is 0. The molecule has 2 saturated carbocycles. The Hall–Kier alpha value is -2.17. The molecular weight excluding hydrogens is 324 g/mol. The van der Waals surface area contributed by atoms with Crippen molar-refractivity contribution in [1.82, 2.24) is 19.7 Å². The molecule has 5 rings (SSSR count). The maximum absolute atomic E-state index is 12.9. The predicted molar refractivity (Wildman–Crippen MR) is 98.7 cm³/mol. The second-order valence-electron chi connectivity index (χ2n) is 8.36. The van der Waals surface area contributed by atoms with E-state index in [0.717, 1.165) is 25.3 Å². The van der Waals surface area contributed by atoms with Gasteiger partial charge in [0, 0.05) is 31.5 Å². The maximum Gasteiger partial charge on any atom is 0.222 e. The summed E-state index contributed by atoms with van der Waals surface area (Å²) in [5, 5.41) is 8.71. The number of rotatable bonds is 5. The van der Waals surface area contributed by atoms with Gasteiger partial charge in [0.1, 0.15) is 12.2 Å². The molecule has 1 atom stereocenters. The van der Waals surface area contributed by atoms with Gasteiger partial charge in [-0.05, 0) is 43.1 Å². The molecule has 5 nitrogen and oxygen atoms in total. The van der Waals surface area contributed by atoms with E-state index in [0.29, 0.717) is 24.3 Å². The molecule has 1 saturated heterocycles. The van der Waals surface area contributed by atoms with Crippen LogP contribution in [0.5, 0.6) is 0 Å². The number of hydrogen-bond donors (Lipinski definition) is 0. The Kier molecular flexibility index (Phi) is 3.84. The van der Waals surface area contributed by atoms with Crippen LogP contribution < -0.4 is 0 Å². The van der Waals surface area contributed by atoms with Gasteiger partial charge in [-0.1, -0.05) is 36.8 Å². The Morgan fingerprint density at radius 1 is 1.19 bits per heavy atom. The van der Waals surface area contributed by atoms with Crippen LogP contribution in [-0.4, -0.2) is 38.7 Å². The summed E-state index contributed by atoms with van der Waals surface area (Å²) in [6.45, 7) is 1.72. The average Bonchev–Trinajstić information content (AvgIpc) is 3.21. The summed E-state index contributed by atoms with van der Waals surface area (Å²) in [5.74, 6) is 1.78. The zero-order valence-corrected chi connectivity index (χ0v) is 15.2. The van der Waals surface area contributed by atoms with Crippen molar-refractivity contribution in [2.24, 2.45) is 5.41 Å². The average molecular weight is 350 g/mol. The third-order valence-electron chi connectivity index (χ3n) is 6.67. The van der Waals surface area contributed by atoms with E-state index in [1.807, 2.05) is 24.5 Å². The van der Waals surface area contributed by atoms with E-state index in [4.69, 9.17) is 0 Å². The molecule has 1 amide bonds. The number of aromatic nitrogens is 3. The van der Waals surface area contributed by atoms with Gasteiger partial charge < -0.3 is 9.47 Å². The lowest BCUT2D eigenvalue weighted by Gasteiger charge is -2.42. The van der Waals surface area contributed by atoms with Crippen LogP contribution >= 0.6 is 0 Å². The molecule has 1 aliphatic heterocycles. The fourth-order valence-electron chi connectivity index (χ4n) is 4.84. The highest BCUT2D eigenvalue weighted by atomic mass is 16.2. The lowest BCUT2D eigenvalue weighted by atomic mass is 9.62. The van der Waals surface area contributed by atoms with Crippen LogP contribution in [0.4, 0.5) is 0 Å². The molecule has 1 aromatic heterocycles. The van der Waals surface area contributed by atoms with E-state index in [1.54, 1.807) is 0 Å². The number of benzene rings is 1. The van der Waals surface area contributed by atoms with Gasteiger partial charge in [-0.3, -0.25) is 4.79 Å². The van der Waals surface area contributed by atoms with E-state index >= 15 is 0 Å². The molecule has 2 aromatic rings. The van der Waals surface area contributed by atoms with Crippen molar-refractivity contribution in [2.45, 2.75) is 56.9 Å². The molecule has 0 bridgehead atoms. The minimum Gasteiger partial charge on any atom is -0.341 e. The Labute approximate surface area is 154 Å². The quantitative estimate of drug-likeness (QED) is 0.831. The van der Waals surface area contributed by atoms with Crippen molar-refractivity contribution in [2.75, 3.05) is 13.1 Å². The van der Waals surface area contributed by atoms with Gasteiger partial charge in [0.2, 0.25) is 5.91 Å². The first-order valence-corrected chi connectivity index (χ1v) is 9.96. The van der Waals surface area contributed by atoms with Crippen LogP contribution in [0.2, 0.25) is 0 Å². The van der Waals surface area contributed by atoms with E-state index in [9.17, 15) is 4.79 Å². The zero-order chi connectivity index (χ0) is 17.6. The minimum absolute atomic E-state index is 0.252. The number of aryl methyl sites for hydroxylation is 1. The Morgan fingerprint density at radius 3 is 2.69 bits per heavy atom. The smallest absolute Gasteiger partial charge is 0.222 e. The second kappa shape index (κ2) is 6.22. The molecule has 3 aliphatic rings. The number of nitrogens with zero attached hydrogens (tertiary/aromatic N) is 4. The molecule has 0 radical (unpaired) electrons. The summed E-state index contributed by atoms with van der Waals surface area (Å²) in [5.41, 5.74) is 1.49. The van der Waals surface area contributed by atoms with Gasteiger partial charge in [-0.25, -0.2) is 0 Å². The fourth-order valence-corrected chi connectivity index (χ4v) is 4.84. The van der Waals surface area contributed by atoms with E-state index in [-0.39, 0.29) is 5.41 Å². The van der Waals surface area contributed by atoms with E-state index < -0.39 is 0 Å². The first kappa shape index (κ1) is 16.0. The van der Waals surface area contributed by atoms with Crippen molar-refractivity contribution in [1.29, 1.82) is 0 Å². The molecule has 5 heteroatoms. The van der Waals surface area contributed by atoms with Crippen molar-refractivity contribution in [3.8, 4) is 0 Å². The molecule has 0 N–H and O–H groups in total. The van der Waals surface area contributed by atoms with Gasteiger partial charge in [-0.15, -0.1) is 10.2 Å². The van der Waals surface area contributed by atoms with Crippen molar-refractivity contribution < 1.29 is 4.79 Å². The molecule has 2 heterocycles. The van der Waals surface area contributed by atoms with Crippen molar-refractivity contribution in [3.05, 3.63) is 48.0 Å². The summed E-state index contributed by atoms with van der Waals surface area (Å²) < 4.78 is 2.29.